The Morgan fingerprint density at radius 2 is 1.82 bits per heavy atom. The van der Waals surface area contributed by atoms with Gasteiger partial charge in [-0.25, -0.2) is 18.2 Å². The molecule has 2 N–H and O–H groups in total. The highest BCUT2D eigenvalue weighted by molar-refractivity contribution is 5.63. The maximum absolute atomic E-state index is 13.7. The quantitative estimate of drug-likeness (QED) is 0.403. The third kappa shape index (κ3) is 4.65. The molecule has 10 heteroatoms. The highest BCUT2D eigenvalue weighted by atomic mass is 19.2. The Kier molecular flexibility index (Phi) is 5.89. The first-order valence-corrected chi connectivity index (χ1v) is 10.3. The highest BCUT2D eigenvalue weighted by Crippen LogP contribution is 2.27. The lowest BCUT2D eigenvalue weighted by atomic mass is 10.1. The smallest absolute Gasteiger partial charge is 0.194 e. The van der Waals surface area contributed by atoms with Gasteiger partial charge in [-0.15, -0.1) is 0 Å². The number of aliphatic hydroxyl groups is 1. The van der Waals surface area contributed by atoms with Gasteiger partial charge in [-0.05, 0) is 56.7 Å². The molecule has 0 bridgehead atoms. The molecular formula is C24H21F3N6O. The molecule has 0 amide bonds. The predicted octanol–water partition coefficient (Wildman–Crippen LogP) is 4.69. The molecule has 0 aliphatic rings. The van der Waals surface area contributed by atoms with Gasteiger partial charge >= 0.3 is 0 Å². The third-order valence-corrected chi connectivity index (χ3v) is 5.16. The summed E-state index contributed by atoms with van der Waals surface area (Å²) in [6.45, 7) is 4.85. The second kappa shape index (κ2) is 8.68. The van der Waals surface area contributed by atoms with E-state index in [9.17, 15) is 23.5 Å². The molecule has 34 heavy (non-hydrogen) atoms. The Labute approximate surface area is 193 Å². The van der Waals surface area contributed by atoms with Crippen molar-refractivity contribution in [1.82, 2.24) is 19.3 Å². The fourth-order valence-electron chi connectivity index (χ4n) is 3.59. The Hall–Kier alpha value is -4.10. The molecule has 0 aliphatic carbocycles. The minimum atomic E-state index is -1.54. The zero-order valence-corrected chi connectivity index (χ0v) is 18.6. The second-order valence-electron chi connectivity index (χ2n) is 8.40. The summed E-state index contributed by atoms with van der Waals surface area (Å²) in [6.07, 6.45) is 3.43. The molecule has 0 fully saturated rings. The van der Waals surface area contributed by atoms with Crippen molar-refractivity contribution >= 4 is 11.5 Å². The molecule has 0 aliphatic heterocycles. The maximum atomic E-state index is 13.7. The Bertz CT molecular complexity index is 1390. The molecule has 0 saturated carbocycles. The number of aryl methyl sites for hydroxylation is 1. The Morgan fingerprint density at radius 1 is 1.12 bits per heavy atom. The molecule has 174 valence electrons. The van der Waals surface area contributed by atoms with E-state index in [0.29, 0.717) is 28.5 Å². The highest BCUT2D eigenvalue weighted by Gasteiger charge is 2.24. The van der Waals surface area contributed by atoms with E-state index in [1.54, 1.807) is 49.0 Å². The molecule has 0 unspecified atom stereocenters. The molecule has 4 rings (SSSR count). The Morgan fingerprint density at radius 3 is 2.41 bits per heavy atom. The number of nitrogens with one attached hydrogen (secondary N) is 1. The van der Waals surface area contributed by atoms with Crippen molar-refractivity contribution in [2.24, 2.45) is 0 Å². The average Bonchev–Trinajstić information content (AvgIpc) is 3.37. The van der Waals surface area contributed by atoms with Crippen LogP contribution in [0.25, 0.3) is 5.69 Å². The van der Waals surface area contributed by atoms with Crippen molar-refractivity contribution < 1.29 is 18.3 Å². The first-order valence-electron chi connectivity index (χ1n) is 10.3. The SMILES string of the molecule is Cc1cn(-c2ccc(Nc3cc(C(C)(C)O)n(Cc4cc(F)c(F)c(F)c4)n3)cc2C#N)cn1. The van der Waals surface area contributed by atoms with Gasteiger partial charge in [0.1, 0.15) is 11.7 Å². The van der Waals surface area contributed by atoms with Crippen LogP contribution in [0, 0.1) is 35.7 Å². The second-order valence-corrected chi connectivity index (χ2v) is 8.40. The number of nitriles is 1. The van der Waals surface area contributed by atoms with Crippen molar-refractivity contribution in [1.29, 1.82) is 5.26 Å². The predicted molar refractivity (Wildman–Crippen MR) is 119 cm³/mol. The molecule has 0 radical (unpaired) electrons. The number of halogens is 3. The molecule has 2 aromatic carbocycles. The number of aromatic nitrogens is 4. The van der Waals surface area contributed by atoms with Gasteiger partial charge in [0.25, 0.3) is 0 Å². The van der Waals surface area contributed by atoms with Crippen molar-refractivity contribution in [3.05, 3.63) is 88.9 Å². The monoisotopic (exact) mass is 466 g/mol. The number of benzene rings is 2. The summed E-state index contributed by atoms with van der Waals surface area (Å²) in [7, 11) is 0. The summed E-state index contributed by atoms with van der Waals surface area (Å²) in [6, 6.07) is 10.7. The van der Waals surface area contributed by atoms with Gasteiger partial charge < -0.3 is 15.0 Å². The fourth-order valence-corrected chi connectivity index (χ4v) is 3.59. The van der Waals surface area contributed by atoms with E-state index in [2.05, 4.69) is 21.5 Å². The largest absolute Gasteiger partial charge is 0.384 e. The van der Waals surface area contributed by atoms with E-state index in [1.165, 1.54) is 4.68 Å². The number of imidazole rings is 1. The number of nitrogens with zero attached hydrogens (tertiary/aromatic N) is 5. The van der Waals surface area contributed by atoms with Crippen LogP contribution in [0.15, 0.2) is 48.9 Å². The number of hydrogen-bond acceptors (Lipinski definition) is 5. The van der Waals surface area contributed by atoms with E-state index in [-0.39, 0.29) is 12.1 Å². The van der Waals surface area contributed by atoms with E-state index in [1.807, 2.05) is 13.1 Å². The molecule has 0 spiro atoms. The number of anilines is 2. The lowest BCUT2D eigenvalue weighted by Crippen LogP contribution is -2.22. The van der Waals surface area contributed by atoms with Crippen LogP contribution in [-0.4, -0.2) is 24.4 Å². The summed E-state index contributed by atoms with van der Waals surface area (Å²) in [5.41, 5.74) is 1.64. The van der Waals surface area contributed by atoms with Crippen molar-refractivity contribution in [2.45, 2.75) is 32.9 Å². The molecule has 2 aromatic heterocycles. The molecule has 2 heterocycles. The minimum absolute atomic E-state index is 0.0997. The maximum Gasteiger partial charge on any atom is 0.194 e. The molecule has 0 atom stereocenters. The van der Waals surface area contributed by atoms with Gasteiger partial charge in [0.2, 0.25) is 0 Å². The van der Waals surface area contributed by atoms with Gasteiger partial charge in [-0.2, -0.15) is 10.4 Å². The van der Waals surface area contributed by atoms with Gasteiger partial charge in [0, 0.05) is 18.0 Å². The standard InChI is InChI=1S/C24H21F3N6O/c1-14-11-32(13-29-14)20-5-4-17(8-16(20)10-28)30-22-9-21(24(2,3)34)33(31-22)12-15-6-18(25)23(27)19(26)7-15/h4-9,11,13,34H,12H2,1-3H3,(H,30,31). The Balaban J connectivity index is 1.65. The van der Waals surface area contributed by atoms with Gasteiger partial charge in [-0.1, -0.05) is 0 Å². The van der Waals surface area contributed by atoms with Crippen LogP contribution in [0.4, 0.5) is 24.7 Å². The minimum Gasteiger partial charge on any atom is -0.384 e. The third-order valence-electron chi connectivity index (χ3n) is 5.16. The average molecular weight is 466 g/mol. The summed E-state index contributed by atoms with van der Waals surface area (Å²) in [5, 5.41) is 27.7. The van der Waals surface area contributed by atoms with Crippen LogP contribution < -0.4 is 5.32 Å². The van der Waals surface area contributed by atoms with Crippen molar-refractivity contribution in [3.8, 4) is 11.8 Å². The topological polar surface area (TPSA) is 91.7 Å². The lowest BCUT2D eigenvalue weighted by Gasteiger charge is -2.19. The summed E-state index contributed by atoms with van der Waals surface area (Å²) in [4.78, 5) is 4.18. The zero-order valence-electron chi connectivity index (χ0n) is 18.6. The van der Waals surface area contributed by atoms with Crippen molar-refractivity contribution in [2.75, 3.05) is 5.32 Å². The molecule has 0 saturated heterocycles. The van der Waals surface area contributed by atoms with Crippen LogP contribution in [0.1, 0.15) is 36.4 Å². The molecule has 7 nitrogen and oxygen atoms in total. The molecule has 4 aromatic rings. The van der Waals surface area contributed by atoms with E-state index in [0.717, 1.165) is 17.8 Å². The van der Waals surface area contributed by atoms with E-state index >= 15 is 0 Å². The summed E-state index contributed by atoms with van der Waals surface area (Å²) >= 11 is 0. The fraction of sp³-hybridized carbons (Fsp3) is 0.208. The first kappa shape index (κ1) is 23.1. The molecular weight excluding hydrogens is 445 g/mol. The zero-order chi connectivity index (χ0) is 24.6. The normalized spacial score (nSPS) is 11.5. The summed E-state index contributed by atoms with van der Waals surface area (Å²) in [5.74, 6) is -3.81. The van der Waals surface area contributed by atoms with Crippen LogP contribution in [0.5, 0.6) is 0 Å². The van der Waals surface area contributed by atoms with Gasteiger partial charge in [-0.3, -0.25) is 4.68 Å². The van der Waals surface area contributed by atoms with E-state index < -0.39 is 23.1 Å². The number of hydrogen-bond donors (Lipinski definition) is 2. The van der Waals surface area contributed by atoms with Crippen molar-refractivity contribution in [3.63, 3.8) is 0 Å². The van der Waals surface area contributed by atoms with Crippen LogP contribution in [0.2, 0.25) is 0 Å². The van der Waals surface area contributed by atoms with Crippen LogP contribution in [0.3, 0.4) is 0 Å². The van der Waals surface area contributed by atoms with E-state index in [4.69, 9.17) is 0 Å². The lowest BCUT2D eigenvalue weighted by molar-refractivity contribution is 0.0688. The first-order chi connectivity index (χ1) is 16.0. The van der Waals surface area contributed by atoms with Gasteiger partial charge in [0.05, 0.1) is 35.5 Å². The number of rotatable bonds is 6. The summed E-state index contributed by atoms with van der Waals surface area (Å²) < 4.78 is 43.8. The van der Waals surface area contributed by atoms with Crippen LogP contribution in [-0.2, 0) is 12.1 Å². The van der Waals surface area contributed by atoms with Gasteiger partial charge in [0.15, 0.2) is 23.3 Å². The van der Waals surface area contributed by atoms with Crippen LogP contribution >= 0.6 is 0 Å².